The lowest BCUT2D eigenvalue weighted by molar-refractivity contribution is 0.616. The number of hydrogen-bond acceptors (Lipinski definition) is 1. The Morgan fingerprint density at radius 3 is 1.89 bits per heavy atom. The van der Waals surface area contributed by atoms with Crippen LogP contribution in [0, 0.1) is 5.92 Å². The fourth-order valence-electron chi connectivity index (χ4n) is 8.37. The van der Waals surface area contributed by atoms with Gasteiger partial charge in [-0.3, -0.25) is 0 Å². The normalized spacial score (nSPS) is 15.6. The van der Waals surface area contributed by atoms with E-state index in [1.807, 2.05) is 0 Å². The van der Waals surface area contributed by atoms with E-state index < -0.39 is 0 Å². The molecule has 0 bridgehead atoms. The maximum absolute atomic E-state index is 2.37. The fraction of sp³-hybridized carbons (Fsp3) is 0.0943. The van der Waals surface area contributed by atoms with Crippen molar-refractivity contribution in [3.8, 4) is 22.3 Å². The number of nitrogens with zero attached hydrogens (tertiary/aromatic N) is 1. The third-order valence-corrected chi connectivity index (χ3v) is 11.1. The molecule has 1 heteroatoms. The van der Waals surface area contributed by atoms with Gasteiger partial charge in [-0.15, -0.1) is 0 Å². The highest BCUT2D eigenvalue weighted by molar-refractivity contribution is 5.98. The second-order valence-electron chi connectivity index (χ2n) is 14.4. The van der Waals surface area contributed by atoms with Crippen LogP contribution < -0.4 is 4.90 Å². The van der Waals surface area contributed by atoms with Crippen LogP contribution in [0.2, 0.25) is 0 Å². The number of hydrogen-bond donors (Lipinski definition) is 0. The zero-order chi connectivity index (χ0) is 36.3. The minimum atomic E-state index is 0.561. The van der Waals surface area contributed by atoms with E-state index in [2.05, 4.69) is 212 Å². The van der Waals surface area contributed by atoms with E-state index in [0.29, 0.717) is 5.92 Å². The summed E-state index contributed by atoms with van der Waals surface area (Å²) in [7, 11) is 0. The summed E-state index contributed by atoms with van der Waals surface area (Å²) in [6.07, 6.45) is 19.4. The third kappa shape index (κ3) is 6.55. The van der Waals surface area contributed by atoms with Gasteiger partial charge in [0.05, 0.1) is 0 Å². The quantitative estimate of drug-likeness (QED) is 0.143. The second kappa shape index (κ2) is 14.9. The van der Waals surface area contributed by atoms with Crippen molar-refractivity contribution < 1.29 is 0 Å². The molecule has 1 unspecified atom stereocenters. The number of anilines is 2. The molecular weight excluding hydrogens is 651 g/mol. The van der Waals surface area contributed by atoms with Crippen LogP contribution in [0.1, 0.15) is 37.3 Å². The van der Waals surface area contributed by atoms with Gasteiger partial charge in [0.25, 0.3) is 0 Å². The third-order valence-electron chi connectivity index (χ3n) is 11.1. The van der Waals surface area contributed by atoms with Crippen molar-refractivity contribution in [1.82, 2.24) is 0 Å². The van der Waals surface area contributed by atoms with E-state index in [1.54, 1.807) is 0 Å². The molecule has 0 radical (unpaired) electrons. The topological polar surface area (TPSA) is 3.24 Å². The van der Waals surface area contributed by atoms with Crippen LogP contribution in [0.25, 0.3) is 54.9 Å². The van der Waals surface area contributed by atoms with Crippen molar-refractivity contribution in [2.45, 2.75) is 26.2 Å². The van der Waals surface area contributed by atoms with Crippen molar-refractivity contribution in [3.63, 3.8) is 0 Å². The summed E-state index contributed by atoms with van der Waals surface area (Å²) in [4.78, 5) is 2.33. The summed E-state index contributed by atoms with van der Waals surface area (Å²) >= 11 is 0. The lowest BCUT2D eigenvalue weighted by Gasteiger charge is -2.27. The zero-order valence-corrected chi connectivity index (χ0v) is 30.7. The Kier molecular flexibility index (Phi) is 9.21. The van der Waals surface area contributed by atoms with E-state index in [9.17, 15) is 0 Å². The highest BCUT2D eigenvalue weighted by atomic mass is 15.1. The van der Waals surface area contributed by atoms with E-state index in [-0.39, 0.29) is 0 Å². The first-order valence-electron chi connectivity index (χ1n) is 19.2. The summed E-state index contributed by atoms with van der Waals surface area (Å²) in [6, 6.07) is 57.7. The summed E-state index contributed by atoms with van der Waals surface area (Å²) in [5.74, 6) is 0.561. The summed E-state index contributed by atoms with van der Waals surface area (Å²) in [6.45, 7) is 2.09. The maximum atomic E-state index is 2.37. The van der Waals surface area contributed by atoms with Crippen LogP contribution in [-0.4, -0.2) is 0 Å². The van der Waals surface area contributed by atoms with E-state index >= 15 is 0 Å². The molecule has 7 aromatic carbocycles. The monoisotopic (exact) mass is 693 g/mol. The molecule has 2 aliphatic rings. The van der Waals surface area contributed by atoms with Gasteiger partial charge in [-0.05, 0) is 122 Å². The molecule has 0 spiro atoms. The Morgan fingerprint density at radius 2 is 1.17 bits per heavy atom. The first-order valence-corrected chi connectivity index (χ1v) is 19.2. The largest absolute Gasteiger partial charge is 0.317 e. The molecule has 0 aromatic heterocycles. The van der Waals surface area contributed by atoms with E-state index in [1.165, 1.54) is 78.9 Å². The zero-order valence-electron chi connectivity index (χ0n) is 30.7. The standard InChI is InChI=1S/C53H43N/c1-2-12-45(53-24-11-18-42-15-5-8-21-50(42)53)37-54(47-35-31-44(32-36-47)52-23-10-17-41-14-4-7-20-49(41)52)46-33-29-39(30-34-46)38-25-27-43(28-26-38)51-22-9-16-40-13-3-6-19-48(40)51/h2-8,10-15,17-21,23-37,40H,9,16,22H2,1H3/b12-2-,45-37+. The number of allylic oxidation sites excluding steroid dienone is 9. The van der Waals surface area contributed by atoms with Gasteiger partial charge in [0.1, 0.15) is 0 Å². The molecule has 7 aromatic rings. The predicted molar refractivity (Wildman–Crippen MR) is 233 cm³/mol. The molecule has 0 amide bonds. The molecule has 9 rings (SSSR count). The van der Waals surface area contributed by atoms with Gasteiger partial charge in [-0.25, -0.2) is 0 Å². The molecule has 0 fully saturated rings. The molecule has 1 nitrogen and oxygen atoms in total. The number of rotatable bonds is 8. The van der Waals surface area contributed by atoms with Crippen LogP contribution in [-0.2, 0) is 0 Å². The van der Waals surface area contributed by atoms with Gasteiger partial charge in [-0.2, -0.15) is 0 Å². The Bertz CT molecular complexity index is 2600. The maximum Gasteiger partial charge on any atom is 0.0456 e. The summed E-state index contributed by atoms with van der Waals surface area (Å²) < 4.78 is 0. The van der Waals surface area contributed by atoms with E-state index in [0.717, 1.165) is 23.4 Å². The average molecular weight is 694 g/mol. The Labute approximate surface area is 319 Å². The molecule has 0 saturated carbocycles. The molecule has 0 heterocycles. The summed E-state index contributed by atoms with van der Waals surface area (Å²) in [5, 5.41) is 5.00. The first kappa shape index (κ1) is 33.4. The van der Waals surface area contributed by atoms with Gasteiger partial charge >= 0.3 is 0 Å². The minimum absolute atomic E-state index is 0.561. The lowest BCUT2D eigenvalue weighted by Crippen LogP contribution is -2.10. The highest BCUT2D eigenvalue weighted by Crippen LogP contribution is 2.40. The fourth-order valence-corrected chi connectivity index (χ4v) is 8.37. The Balaban J connectivity index is 1.09. The molecule has 2 aliphatic carbocycles. The van der Waals surface area contributed by atoms with Crippen molar-refractivity contribution >= 4 is 44.1 Å². The van der Waals surface area contributed by atoms with Gasteiger partial charge in [-0.1, -0.05) is 170 Å². The summed E-state index contributed by atoms with van der Waals surface area (Å²) in [5.41, 5.74) is 13.8. The van der Waals surface area contributed by atoms with Crippen LogP contribution in [0.3, 0.4) is 0 Å². The molecule has 0 N–H and O–H groups in total. The lowest BCUT2D eigenvalue weighted by atomic mass is 9.78. The van der Waals surface area contributed by atoms with Crippen LogP contribution in [0.4, 0.5) is 11.4 Å². The second-order valence-corrected chi connectivity index (χ2v) is 14.4. The molecule has 0 saturated heterocycles. The number of benzene rings is 7. The van der Waals surface area contributed by atoms with Gasteiger partial charge < -0.3 is 4.90 Å². The number of fused-ring (bicyclic) bond motifs is 3. The predicted octanol–water partition coefficient (Wildman–Crippen LogP) is 14.8. The van der Waals surface area contributed by atoms with Crippen LogP contribution in [0.15, 0.2) is 206 Å². The van der Waals surface area contributed by atoms with Crippen molar-refractivity contribution in [3.05, 3.63) is 217 Å². The van der Waals surface area contributed by atoms with Crippen LogP contribution >= 0.6 is 0 Å². The highest BCUT2D eigenvalue weighted by Gasteiger charge is 2.21. The van der Waals surface area contributed by atoms with Crippen LogP contribution in [0.5, 0.6) is 0 Å². The van der Waals surface area contributed by atoms with Gasteiger partial charge in [0, 0.05) is 23.5 Å². The van der Waals surface area contributed by atoms with Crippen molar-refractivity contribution in [2.24, 2.45) is 5.92 Å². The molecule has 54 heavy (non-hydrogen) atoms. The smallest absolute Gasteiger partial charge is 0.0456 e. The Morgan fingerprint density at radius 1 is 0.574 bits per heavy atom. The van der Waals surface area contributed by atoms with Crippen molar-refractivity contribution in [1.29, 1.82) is 0 Å². The van der Waals surface area contributed by atoms with Gasteiger partial charge in [0.2, 0.25) is 0 Å². The molecule has 0 aliphatic heterocycles. The van der Waals surface area contributed by atoms with Gasteiger partial charge in [0.15, 0.2) is 0 Å². The first-order chi connectivity index (χ1) is 26.7. The van der Waals surface area contributed by atoms with Crippen molar-refractivity contribution in [2.75, 3.05) is 4.90 Å². The van der Waals surface area contributed by atoms with E-state index in [4.69, 9.17) is 0 Å². The Hall–Kier alpha value is -6.44. The average Bonchev–Trinajstić information content (AvgIpc) is 3.25. The minimum Gasteiger partial charge on any atom is -0.317 e. The molecule has 260 valence electrons. The molecule has 1 atom stereocenters. The molecular formula is C53H43N. The SMILES string of the molecule is C/C=C\C(=C/N(c1ccc(-c2ccc(C3=C4C=CC=CC4CCC3)cc2)cc1)c1ccc(-c2cccc3ccccc23)cc1)c1cccc2ccccc12.